The van der Waals surface area contributed by atoms with Gasteiger partial charge in [-0.25, -0.2) is 22.4 Å². The van der Waals surface area contributed by atoms with Crippen molar-refractivity contribution in [2.24, 2.45) is 7.05 Å². The Labute approximate surface area is 122 Å². The Morgan fingerprint density at radius 3 is 2.73 bits per heavy atom. The molecule has 1 aromatic carbocycles. The molecule has 1 heterocycles. The molecule has 0 fully saturated rings. The number of aryl methyl sites for hydroxylation is 1. The second-order valence-electron chi connectivity index (χ2n) is 4.45. The second kappa shape index (κ2) is 6.46. The lowest BCUT2D eigenvalue weighted by Gasteiger charge is -2.08. The van der Waals surface area contributed by atoms with Gasteiger partial charge in [0, 0.05) is 31.4 Å². The molecule has 0 aliphatic heterocycles. The number of aromatic nitrogens is 2. The number of anilines is 1. The lowest BCUT2D eigenvalue weighted by molar-refractivity contribution is 0.144. The third kappa shape index (κ3) is 3.74. The average molecular weight is 316 g/mol. The Kier molecular flexibility index (Phi) is 4.64. The van der Waals surface area contributed by atoms with Gasteiger partial charge in [-0.1, -0.05) is 0 Å². The summed E-state index contributed by atoms with van der Waals surface area (Å²) in [6.45, 7) is -0.206. The number of nitrogens with zero attached hydrogens (tertiary/aromatic N) is 2. The highest BCUT2D eigenvalue weighted by Crippen LogP contribution is 2.20. The molecule has 0 aliphatic rings. The molecule has 118 valence electrons. The molecule has 2 N–H and O–H groups in total. The fourth-order valence-electron chi connectivity index (χ4n) is 1.81. The number of benzene rings is 1. The standard InChI is InChI=1S/C13H12F4N4O/c1-21-6-7(11(20-21)12(16)17)5-18-13(22)19-10-3-2-8(14)4-9(10)15/h2-4,6,12H,5H2,1H3,(H2,18,19,22). The zero-order chi connectivity index (χ0) is 16.3. The normalized spacial score (nSPS) is 10.8. The second-order valence-corrected chi connectivity index (χ2v) is 4.45. The average Bonchev–Trinajstić information content (AvgIpc) is 2.81. The molecule has 0 saturated heterocycles. The Balaban J connectivity index is 1.98. The van der Waals surface area contributed by atoms with Crippen LogP contribution in [0.15, 0.2) is 24.4 Å². The summed E-state index contributed by atoms with van der Waals surface area (Å²) in [7, 11) is 1.48. The lowest BCUT2D eigenvalue weighted by atomic mass is 10.2. The fraction of sp³-hybridized carbons (Fsp3) is 0.231. The number of alkyl halides is 2. The first kappa shape index (κ1) is 15.8. The molecule has 2 amide bonds. The van der Waals surface area contributed by atoms with E-state index in [1.807, 2.05) is 0 Å². The van der Waals surface area contributed by atoms with Crippen LogP contribution < -0.4 is 10.6 Å². The molecule has 5 nitrogen and oxygen atoms in total. The molecule has 2 aromatic rings. The molecule has 0 unspecified atom stereocenters. The molecular weight excluding hydrogens is 304 g/mol. The maximum absolute atomic E-state index is 13.4. The van der Waals surface area contributed by atoms with Crippen molar-refractivity contribution in [1.82, 2.24) is 15.1 Å². The molecule has 0 bridgehead atoms. The van der Waals surface area contributed by atoms with Gasteiger partial charge >= 0.3 is 6.03 Å². The van der Waals surface area contributed by atoms with Gasteiger partial charge < -0.3 is 10.6 Å². The van der Waals surface area contributed by atoms with E-state index in [9.17, 15) is 22.4 Å². The highest BCUT2D eigenvalue weighted by molar-refractivity contribution is 5.89. The van der Waals surface area contributed by atoms with Crippen molar-refractivity contribution in [3.05, 3.63) is 47.3 Å². The van der Waals surface area contributed by atoms with Crippen LogP contribution in [0.2, 0.25) is 0 Å². The van der Waals surface area contributed by atoms with Crippen molar-refractivity contribution in [3.8, 4) is 0 Å². The zero-order valence-corrected chi connectivity index (χ0v) is 11.4. The monoisotopic (exact) mass is 316 g/mol. The van der Waals surface area contributed by atoms with Gasteiger partial charge in [-0.2, -0.15) is 5.10 Å². The molecule has 0 spiro atoms. The van der Waals surface area contributed by atoms with Crippen molar-refractivity contribution in [2.45, 2.75) is 13.0 Å². The summed E-state index contributed by atoms with van der Waals surface area (Å²) in [6.07, 6.45) is -1.42. The first-order valence-electron chi connectivity index (χ1n) is 6.17. The molecule has 22 heavy (non-hydrogen) atoms. The SMILES string of the molecule is Cn1cc(CNC(=O)Nc2ccc(F)cc2F)c(C(F)F)n1. The Morgan fingerprint density at radius 1 is 1.36 bits per heavy atom. The first-order chi connectivity index (χ1) is 10.4. The van der Waals surface area contributed by atoms with Crippen LogP contribution in [0.1, 0.15) is 17.7 Å². The van der Waals surface area contributed by atoms with Crippen molar-refractivity contribution in [2.75, 3.05) is 5.32 Å². The van der Waals surface area contributed by atoms with Crippen LogP contribution in [-0.2, 0) is 13.6 Å². The van der Waals surface area contributed by atoms with Crippen LogP contribution in [0.4, 0.5) is 28.0 Å². The molecule has 2 rings (SSSR count). The van der Waals surface area contributed by atoms with E-state index in [4.69, 9.17) is 0 Å². The van der Waals surface area contributed by atoms with Crippen LogP contribution in [0.5, 0.6) is 0 Å². The topological polar surface area (TPSA) is 59.0 Å². The minimum Gasteiger partial charge on any atom is -0.334 e. The number of hydrogen-bond acceptors (Lipinski definition) is 2. The van der Waals surface area contributed by atoms with Crippen LogP contribution >= 0.6 is 0 Å². The van der Waals surface area contributed by atoms with Crippen molar-refractivity contribution in [3.63, 3.8) is 0 Å². The lowest BCUT2D eigenvalue weighted by Crippen LogP contribution is -2.28. The number of halogens is 4. The van der Waals surface area contributed by atoms with Crippen LogP contribution in [0, 0.1) is 11.6 Å². The molecule has 0 aliphatic carbocycles. The maximum Gasteiger partial charge on any atom is 0.319 e. The third-order valence-corrected chi connectivity index (χ3v) is 2.76. The van der Waals surface area contributed by atoms with E-state index < -0.39 is 29.8 Å². The number of amides is 2. The molecule has 0 saturated carbocycles. The highest BCUT2D eigenvalue weighted by atomic mass is 19.3. The number of rotatable bonds is 4. The fourth-order valence-corrected chi connectivity index (χ4v) is 1.81. The molecule has 1 aromatic heterocycles. The van der Waals surface area contributed by atoms with Gasteiger partial charge in [-0.3, -0.25) is 4.68 Å². The van der Waals surface area contributed by atoms with Crippen LogP contribution in [0.25, 0.3) is 0 Å². The number of urea groups is 1. The zero-order valence-electron chi connectivity index (χ0n) is 11.4. The summed E-state index contributed by atoms with van der Waals surface area (Å²) in [5.74, 6) is -1.72. The summed E-state index contributed by atoms with van der Waals surface area (Å²) in [5.41, 5.74) is -0.512. The van der Waals surface area contributed by atoms with Gasteiger partial charge in [0.1, 0.15) is 17.3 Å². The number of hydrogen-bond donors (Lipinski definition) is 2. The molecule has 9 heteroatoms. The highest BCUT2D eigenvalue weighted by Gasteiger charge is 2.18. The third-order valence-electron chi connectivity index (χ3n) is 2.76. The van der Waals surface area contributed by atoms with Crippen LogP contribution in [-0.4, -0.2) is 15.8 Å². The van der Waals surface area contributed by atoms with Gasteiger partial charge in [0.25, 0.3) is 6.43 Å². The van der Waals surface area contributed by atoms with Gasteiger partial charge in [0.05, 0.1) is 5.69 Å². The van der Waals surface area contributed by atoms with Crippen molar-refractivity contribution < 1.29 is 22.4 Å². The molecule has 0 atom stereocenters. The largest absolute Gasteiger partial charge is 0.334 e. The van der Waals surface area contributed by atoms with E-state index in [0.29, 0.717) is 6.07 Å². The van der Waals surface area contributed by atoms with Gasteiger partial charge in [-0.15, -0.1) is 0 Å². The number of nitrogens with one attached hydrogen (secondary N) is 2. The van der Waals surface area contributed by atoms with E-state index >= 15 is 0 Å². The molecular formula is C13H12F4N4O. The Bertz CT molecular complexity index is 687. The van der Waals surface area contributed by atoms with Gasteiger partial charge in [0.2, 0.25) is 0 Å². The van der Waals surface area contributed by atoms with Crippen LogP contribution in [0.3, 0.4) is 0 Å². The minimum atomic E-state index is -2.77. The summed E-state index contributed by atoms with van der Waals surface area (Å²) in [6, 6.07) is 1.84. The quantitative estimate of drug-likeness (QED) is 0.852. The summed E-state index contributed by atoms with van der Waals surface area (Å²) in [4.78, 5) is 11.6. The Hall–Kier alpha value is -2.58. The van der Waals surface area contributed by atoms with Gasteiger partial charge in [0.15, 0.2) is 0 Å². The molecule has 0 radical (unpaired) electrons. The summed E-state index contributed by atoms with van der Waals surface area (Å²) < 4.78 is 52.7. The van der Waals surface area contributed by atoms with E-state index in [0.717, 1.165) is 12.1 Å². The van der Waals surface area contributed by atoms with E-state index in [1.54, 1.807) is 0 Å². The summed E-state index contributed by atoms with van der Waals surface area (Å²) >= 11 is 0. The van der Waals surface area contributed by atoms with E-state index in [-0.39, 0.29) is 17.8 Å². The maximum atomic E-state index is 13.4. The minimum absolute atomic E-state index is 0.146. The number of carbonyl (C=O) groups is 1. The smallest absolute Gasteiger partial charge is 0.319 e. The van der Waals surface area contributed by atoms with Crippen molar-refractivity contribution >= 4 is 11.7 Å². The summed E-state index contributed by atoms with van der Waals surface area (Å²) in [5, 5.41) is 8.05. The predicted octanol–water partition coefficient (Wildman–Crippen LogP) is 2.96. The van der Waals surface area contributed by atoms with Gasteiger partial charge in [-0.05, 0) is 12.1 Å². The predicted molar refractivity (Wildman–Crippen MR) is 70.4 cm³/mol. The first-order valence-corrected chi connectivity index (χ1v) is 6.17. The van der Waals surface area contributed by atoms with Crippen molar-refractivity contribution in [1.29, 1.82) is 0 Å². The van der Waals surface area contributed by atoms with E-state index in [1.165, 1.54) is 17.9 Å². The Morgan fingerprint density at radius 2 is 2.09 bits per heavy atom. The van der Waals surface area contributed by atoms with E-state index in [2.05, 4.69) is 15.7 Å². The number of carbonyl (C=O) groups excluding carboxylic acids is 1.